The van der Waals surface area contributed by atoms with Crippen molar-refractivity contribution in [2.45, 2.75) is 13.5 Å². The van der Waals surface area contributed by atoms with Crippen LogP contribution >= 0.6 is 0 Å². The van der Waals surface area contributed by atoms with Gasteiger partial charge in [0.15, 0.2) is 16.8 Å². The summed E-state index contributed by atoms with van der Waals surface area (Å²) in [6, 6.07) is 6.95. The van der Waals surface area contributed by atoms with E-state index >= 15 is 0 Å². The molecule has 182 valence electrons. The van der Waals surface area contributed by atoms with Crippen molar-refractivity contribution in [3.8, 4) is 17.5 Å². The van der Waals surface area contributed by atoms with Crippen LogP contribution in [0, 0.1) is 17.7 Å². The first-order chi connectivity index (χ1) is 17.6. The first-order valence-corrected chi connectivity index (χ1v) is 11.7. The zero-order chi connectivity index (χ0) is 24.6. The maximum atomic E-state index is 14.6. The fraction of sp³-hybridized carbons (Fsp3) is 0.292. The molecule has 6 rings (SSSR count). The summed E-state index contributed by atoms with van der Waals surface area (Å²) in [7, 11) is 0. The van der Waals surface area contributed by atoms with Crippen LogP contribution in [0.1, 0.15) is 12.7 Å². The summed E-state index contributed by atoms with van der Waals surface area (Å²) >= 11 is 0. The second-order valence-corrected chi connectivity index (χ2v) is 8.54. The van der Waals surface area contributed by atoms with Gasteiger partial charge in [-0.25, -0.2) is 14.1 Å². The topological polar surface area (TPSA) is 111 Å². The quantitative estimate of drug-likeness (QED) is 0.374. The van der Waals surface area contributed by atoms with Crippen LogP contribution in [0.3, 0.4) is 0 Å². The Morgan fingerprint density at radius 2 is 1.94 bits per heavy atom. The summed E-state index contributed by atoms with van der Waals surface area (Å²) < 4.78 is 19.8. The monoisotopic (exact) mass is 485 g/mol. The Kier molecular flexibility index (Phi) is 5.46. The molecule has 5 aromatic rings. The third-order valence-electron chi connectivity index (χ3n) is 6.37. The molecule has 0 unspecified atom stereocenters. The van der Waals surface area contributed by atoms with Gasteiger partial charge in [0.05, 0.1) is 17.7 Å². The van der Waals surface area contributed by atoms with Gasteiger partial charge in [-0.1, -0.05) is 5.92 Å². The molecule has 1 fully saturated rings. The number of nitrogens with two attached hydrogens (primary N) is 1. The van der Waals surface area contributed by atoms with Gasteiger partial charge >= 0.3 is 0 Å². The molecule has 11 nitrogen and oxygen atoms in total. The van der Waals surface area contributed by atoms with Gasteiger partial charge in [0.2, 0.25) is 11.8 Å². The molecule has 5 heterocycles. The van der Waals surface area contributed by atoms with Crippen molar-refractivity contribution in [3.05, 3.63) is 54.6 Å². The van der Waals surface area contributed by atoms with Crippen LogP contribution in [0.4, 0.5) is 16.0 Å². The fourth-order valence-corrected chi connectivity index (χ4v) is 4.53. The highest BCUT2D eigenvalue weighted by Crippen LogP contribution is 2.24. The molecule has 4 aromatic heterocycles. The number of hydrogen-bond acceptors (Lipinski definition) is 8. The highest BCUT2D eigenvalue weighted by molar-refractivity contribution is 5.86. The van der Waals surface area contributed by atoms with E-state index in [0.29, 0.717) is 34.9 Å². The predicted octanol–water partition coefficient (Wildman–Crippen LogP) is 1.57. The number of halogens is 1. The third-order valence-corrected chi connectivity index (χ3v) is 6.37. The number of nitrogens with zero attached hydrogens (tertiary/aromatic N) is 10. The van der Waals surface area contributed by atoms with Crippen molar-refractivity contribution in [2.24, 2.45) is 0 Å². The summed E-state index contributed by atoms with van der Waals surface area (Å²) in [5.74, 6) is 6.04. The molecule has 0 bridgehead atoms. The lowest BCUT2D eigenvalue weighted by Gasteiger charge is -2.36. The third kappa shape index (κ3) is 3.89. The Hall–Kier alpha value is -4.50. The lowest BCUT2D eigenvalue weighted by atomic mass is 10.2. The van der Waals surface area contributed by atoms with Crippen molar-refractivity contribution in [3.63, 3.8) is 0 Å². The molecule has 2 N–H and O–H groups in total. The molecule has 0 saturated carbocycles. The highest BCUT2D eigenvalue weighted by atomic mass is 19.1. The average Bonchev–Trinajstić information content (AvgIpc) is 3.64. The lowest BCUT2D eigenvalue weighted by molar-refractivity contribution is 0.248. The minimum Gasteiger partial charge on any atom is -0.368 e. The Bertz CT molecular complexity index is 1600. The summed E-state index contributed by atoms with van der Waals surface area (Å²) in [5, 5.41) is 8.54. The van der Waals surface area contributed by atoms with E-state index in [0.717, 1.165) is 38.4 Å². The van der Waals surface area contributed by atoms with E-state index in [-0.39, 0.29) is 11.8 Å². The van der Waals surface area contributed by atoms with Crippen molar-refractivity contribution in [1.82, 2.24) is 43.8 Å². The van der Waals surface area contributed by atoms with E-state index < -0.39 is 0 Å². The van der Waals surface area contributed by atoms with E-state index in [4.69, 9.17) is 5.73 Å². The van der Waals surface area contributed by atoms with Crippen LogP contribution in [-0.2, 0) is 6.54 Å². The second kappa shape index (κ2) is 8.94. The van der Waals surface area contributed by atoms with Crippen molar-refractivity contribution in [1.29, 1.82) is 0 Å². The zero-order valence-electron chi connectivity index (χ0n) is 19.7. The minimum absolute atomic E-state index is 0.222. The van der Waals surface area contributed by atoms with Gasteiger partial charge in [0.25, 0.3) is 0 Å². The molecule has 0 aliphatic carbocycles. The van der Waals surface area contributed by atoms with E-state index in [1.54, 1.807) is 30.2 Å². The Labute approximate surface area is 206 Å². The SMILES string of the molecule is CC#Cc1nc2c3ncn(CCN4CCN(c5cc(-n6cccn6)ccc5F)CC4)c3nc(N)n2n1. The van der Waals surface area contributed by atoms with Gasteiger partial charge in [-0.05, 0) is 37.1 Å². The van der Waals surface area contributed by atoms with Crippen LogP contribution in [-0.4, -0.2) is 76.5 Å². The Morgan fingerprint density at radius 3 is 2.72 bits per heavy atom. The summed E-state index contributed by atoms with van der Waals surface area (Å²) in [5.41, 5.74) is 9.42. The summed E-state index contributed by atoms with van der Waals surface area (Å²) in [6.45, 7) is 6.33. The van der Waals surface area contributed by atoms with Crippen molar-refractivity contribution >= 4 is 28.4 Å². The van der Waals surface area contributed by atoms with Crippen LogP contribution in [0.5, 0.6) is 0 Å². The molecule has 0 atom stereocenters. The van der Waals surface area contributed by atoms with Crippen molar-refractivity contribution < 1.29 is 4.39 Å². The number of fused-ring (bicyclic) bond motifs is 3. The number of anilines is 2. The zero-order valence-corrected chi connectivity index (χ0v) is 19.7. The van der Waals surface area contributed by atoms with Gasteiger partial charge in [0.1, 0.15) is 5.82 Å². The summed E-state index contributed by atoms with van der Waals surface area (Å²) in [6.07, 6.45) is 5.31. The van der Waals surface area contributed by atoms with Gasteiger partial charge in [-0.15, -0.1) is 5.10 Å². The molecule has 36 heavy (non-hydrogen) atoms. The van der Waals surface area contributed by atoms with Crippen LogP contribution in [0.15, 0.2) is 43.0 Å². The molecule has 0 radical (unpaired) electrons. The number of nitrogen functional groups attached to an aromatic ring is 1. The molecule has 0 amide bonds. The average molecular weight is 486 g/mol. The normalized spacial score (nSPS) is 14.4. The number of piperazine rings is 1. The van der Waals surface area contributed by atoms with Gasteiger partial charge in [0, 0.05) is 51.7 Å². The standard InChI is InChI=1S/C24H24FN11/c1-2-4-20-29-23-21-22(30-24(26)36(23)31-20)34(16-27-21)14-11-32-9-12-33(13-10-32)19-15-17(5-6-18(19)25)35-8-3-7-28-35/h3,5-8,15-16H,9-14H2,1H3,(H2,26,30). The van der Waals surface area contributed by atoms with Gasteiger partial charge in [-0.3, -0.25) is 4.90 Å². The van der Waals surface area contributed by atoms with Crippen LogP contribution in [0.2, 0.25) is 0 Å². The number of hydrogen-bond donors (Lipinski definition) is 1. The Balaban J connectivity index is 1.14. The second-order valence-electron chi connectivity index (χ2n) is 8.54. The number of imidazole rings is 1. The number of rotatable bonds is 5. The van der Waals surface area contributed by atoms with Crippen LogP contribution in [0.25, 0.3) is 22.5 Å². The van der Waals surface area contributed by atoms with E-state index in [2.05, 4.69) is 46.8 Å². The molecule has 12 heteroatoms. The summed E-state index contributed by atoms with van der Waals surface area (Å²) in [4.78, 5) is 17.9. The Morgan fingerprint density at radius 1 is 1.08 bits per heavy atom. The largest absolute Gasteiger partial charge is 0.368 e. The lowest BCUT2D eigenvalue weighted by Crippen LogP contribution is -2.47. The fourth-order valence-electron chi connectivity index (χ4n) is 4.53. The number of aromatic nitrogens is 8. The molecular formula is C24H24FN11. The maximum absolute atomic E-state index is 14.6. The van der Waals surface area contributed by atoms with Gasteiger partial charge < -0.3 is 15.2 Å². The molecular weight excluding hydrogens is 461 g/mol. The first-order valence-electron chi connectivity index (χ1n) is 11.7. The first kappa shape index (κ1) is 22.0. The van der Waals surface area contributed by atoms with E-state index in [9.17, 15) is 4.39 Å². The minimum atomic E-state index is -0.222. The molecule has 1 aliphatic heterocycles. The van der Waals surface area contributed by atoms with E-state index in [1.807, 2.05) is 22.9 Å². The maximum Gasteiger partial charge on any atom is 0.226 e. The highest BCUT2D eigenvalue weighted by Gasteiger charge is 2.21. The number of benzene rings is 1. The smallest absolute Gasteiger partial charge is 0.226 e. The molecule has 1 aliphatic rings. The van der Waals surface area contributed by atoms with E-state index in [1.165, 1.54) is 10.6 Å². The van der Waals surface area contributed by atoms with Gasteiger partial charge in [-0.2, -0.15) is 19.6 Å². The predicted molar refractivity (Wildman–Crippen MR) is 133 cm³/mol. The molecule has 0 spiro atoms. The molecule has 1 saturated heterocycles. The van der Waals surface area contributed by atoms with Crippen molar-refractivity contribution in [2.75, 3.05) is 43.4 Å². The molecule has 1 aromatic carbocycles. The van der Waals surface area contributed by atoms with Crippen LogP contribution < -0.4 is 10.6 Å².